The van der Waals surface area contributed by atoms with E-state index in [-0.39, 0.29) is 5.75 Å². The summed E-state index contributed by atoms with van der Waals surface area (Å²) in [6, 6.07) is 25.3. The van der Waals surface area contributed by atoms with Gasteiger partial charge in [-0.2, -0.15) is 0 Å². The molecular weight excluding hydrogens is 559 g/mol. The van der Waals surface area contributed by atoms with Crippen molar-refractivity contribution >= 4 is 67.7 Å². The van der Waals surface area contributed by atoms with Gasteiger partial charge in [0.2, 0.25) is 5.88 Å². The Morgan fingerprint density at radius 3 is 1.59 bits per heavy atom. The van der Waals surface area contributed by atoms with Crippen molar-refractivity contribution in [2.24, 2.45) is 0 Å². The Morgan fingerprint density at radius 2 is 1.05 bits per heavy atom. The molecule has 196 valence electrons. The van der Waals surface area contributed by atoms with Crippen molar-refractivity contribution in [1.29, 1.82) is 0 Å². The van der Waals surface area contributed by atoms with Crippen molar-refractivity contribution in [3.8, 4) is 17.4 Å². The second-order valence-corrected chi connectivity index (χ2v) is 9.02. The minimum atomic E-state index is 0.278. The van der Waals surface area contributed by atoms with Gasteiger partial charge in [-0.25, -0.2) is 19.9 Å². The molecule has 0 aliphatic rings. The van der Waals surface area contributed by atoms with Gasteiger partial charge in [0.05, 0.1) is 0 Å². The highest BCUT2D eigenvalue weighted by molar-refractivity contribution is 6.33. The Hall–Kier alpha value is -4.37. The van der Waals surface area contributed by atoms with E-state index in [4.69, 9.17) is 51.0 Å². The highest BCUT2D eigenvalue weighted by Gasteiger charge is 2.07. The molecule has 0 bridgehead atoms. The topological polar surface area (TPSA) is 133 Å². The summed E-state index contributed by atoms with van der Waals surface area (Å²) in [7, 11) is 0. The van der Waals surface area contributed by atoms with Crippen molar-refractivity contribution in [3.05, 3.63) is 113 Å². The molecule has 8 nitrogen and oxygen atoms in total. The molecule has 0 unspecified atom stereocenters. The van der Waals surface area contributed by atoms with Gasteiger partial charge in [-0.05, 0) is 24.3 Å². The zero-order valence-electron chi connectivity index (χ0n) is 20.2. The van der Waals surface area contributed by atoms with E-state index in [2.05, 4.69) is 19.9 Å². The number of aromatic nitrogens is 4. The Balaban J connectivity index is 0.000000150. The zero-order valence-corrected chi connectivity index (χ0v) is 22.4. The number of nitrogens with two attached hydrogens (primary N) is 2. The van der Waals surface area contributed by atoms with Crippen LogP contribution in [0.4, 0.5) is 11.4 Å². The van der Waals surface area contributed by atoms with E-state index >= 15 is 0 Å². The van der Waals surface area contributed by atoms with Gasteiger partial charge >= 0.3 is 0 Å². The van der Waals surface area contributed by atoms with Crippen LogP contribution in [0.3, 0.4) is 0 Å². The first-order chi connectivity index (χ1) is 18.8. The van der Waals surface area contributed by atoms with E-state index in [0.717, 1.165) is 21.5 Å². The van der Waals surface area contributed by atoms with Crippen molar-refractivity contribution in [1.82, 2.24) is 19.9 Å². The van der Waals surface area contributed by atoms with Gasteiger partial charge in [0, 0.05) is 45.1 Å². The predicted molar refractivity (Wildman–Crippen MR) is 158 cm³/mol. The molecule has 2 aromatic heterocycles. The standard InChI is InChI=1S/C14H10ClN3O.C10H9NO.C4H2Cl2N2/c15-13-7-14(18-8-17-13)19-12-6-5-11(16)9-3-1-2-4-10(9)12;11-9-5-6-10(12)8-4-2-1-3-7(8)9;5-3-1-4(6)8-2-7-3/h1-8H,16H2;1-6,12H,11H2;1-2H. The second-order valence-electron chi connectivity index (χ2n) is 7.86. The van der Waals surface area contributed by atoms with Crippen LogP contribution >= 0.6 is 34.8 Å². The molecule has 6 aromatic rings. The van der Waals surface area contributed by atoms with Crippen molar-refractivity contribution in [3.63, 3.8) is 0 Å². The maximum Gasteiger partial charge on any atom is 0.223 e. The number of phenolic OH excluding ortho intramolecular Hbond substituents is 1. The van der Waals surface area contributed by atoms with E-state index < -0.39 is 0 Å². The van der Waals surface area contributed by atoms with Gasteiger partial charge in [0.25, 0.3) is 0 Å². The predicted octanol–water partition coefficient (Wildman–Crippen LogP) is 7.57. The lowest BCUT2D eigenvalue weighted by Gasteiger charge is -2.09. The first kappa shape index (κ1) is 27.7. The summed E-state index contributed by atoms with van der Waals surface area (Å²) >= 11 is 16.6. The van der Waals surface area contributed by atoms with Gasteiger partial charge in [0.1, 0.15) is 39.6 Å². The van der Waals surface area contributed by atoms with Crippen LogP contribution in [-0.4, -0.2) is 25.0 Å². The molecule has 39 heavy (non-hydrogen) atoms. The number of nitrogens with zero attached hydrogens (tertiary/aromatic N) is 4. The summed E-state index contributed by atoms with van der Waals surface area (Å²) in [5, 5.41) is 14.1. The van der Waals surface area contributed by atoms with Crippen LogP contribution in [0.15, 0.2) is 97.6 Å². The summed E-state index contributed by atoms with van der Waals surface area (Å²) in [6.07, 6.45) is 2.67. The molecule has 0 saturated carbocycles. The van der Waals surface area contributed by atoms with E-state index in [1.807, 2.05) is 54.6 Å². The lowest BCUT2D eigenvalue weighted by molar-refractivity contribution is 0.467. The normalized spacial score (nSPS) is 10.2. The minimum absolute atomic E-state index is 0.278. The monoisotopic (exact) mass is 578 g/mol. The average Bonchev–Trinajstić information content (AvgIpc) is 2.93. The molecule has 0 aliphatic carbocycles. The Labute approximate surface area is 238 Å². The maximum atomic E-state index is 9.44. The maximum absolute atomic E-state index is 9.44. The zero-order chi connectivity index (χ0) is 27.8. The summed E-state index contributed by atoms with van der Waals surface area (Å²) in [6.45, 7) is 0. The number of benzene rings is 4. The average molecular weight is 580 g/mol. The first-order valence-corrected chi connectivity index (χ1v) is 12.5. The number of aromatic hydroxyl groups is 1. The van der Waals surface area contributed by atoms with Crippen LogP contribution in [-0.2, 0) is 0 Å². The molecule has 0 spiro atoms. The third-order valence-electron chi connectivity index (χ3n) is 5.28. The van der Waals surface area contributed by atoms with E-state index in [9.17, 15) is 5.11 Å². The SMILES string of the molecule is Clc1cc(Cl)ncn1.Nc1ccc(O)c2ccccc12.Nc1ccc(Oc2cc(Cl)ncn2)c2ccccc12. The highest BCUT2D eigenvalue weighted by Crippen LogP contribution is 2.32. The fourth-order valence-electron chi connectivity index (χ4n) is 3.49. The molecule has 0 atom stereocenters. The van der Waals surface area contributed by atoms with Crippen molar-refractivity contribution in [2.45, 2.75) is 0 Å². The number of anilines is 2. The number of fused-ring (bicyclic) bond motifs is 2. The van der Waals surface area contributed by atoms with Crippen LogP contribution in [0.1, 0.15) is 0 Å². The highest BCUT2D eigenvalue weighted by atomic mass is 35.5. The largest absolute Gasteiger partial charge is 0.507 e. The quantitative estimate of drug-likeness (QED) is 0.109. The molecule has 0 amide bonds. The number of phenols is 1. The van der Waals surface area contributed by atoms with Gasteiger partial charge < -0.3 is 21.3 Å². The molecular formula is C28H21Cl3N6O2. The first-order valence-electron chi connectivity index (χ1n) is 11.3. The molecule has 0 aliphatic heterocycles. The summed E-state index contributed by atoms with van der Waals surface area (Å²) < 4.78 is 5.74. The Bertz CT molecular complexity index is 1680. The fourth-order valence-corrected chi connectivity index (χ4v) is 3.97. The van der Waals surface area contributed by atoms with E-state index in [1.54, 1.807) is 24.3 Å². The van der Waals surface area contributed by atoms with Crippen LogP contribution in [0, 0.1) is 0 Å². The van der Waals surface area contributed by atoms with Crippen molar-refractivity contribution < 1.29 is 9.84 Å². The Kier molecular flexibility index (Phi) is 9.17. The Morgan fingerprint density at radius 1 is 0.564 bits per heavy atom. The molecule has 0 fully saturated rings. The fraction of sp³-hybridized carbons (Fsp3) is 0. The summed E-state index contributed by atoms with van der Waals surface area (Å²) in [4.78, 5) is 15.0. The number of hydrogen-bond acceptors (Lipinski definition) is 8. The lowest BCUT2D eigenvalue weighted by atomic mass is 10.1. The van der Waals surface area contributed by atoms with Crippen LogP contribution < -0.4 is 16.2 Å². The number of hydrogen-bond donors (Lipinski definition) is 3. The summed E-state index contributed by atoms with van der Waals surface area (Å²) in [5.41, 5.74) is 13.1. The molecule has 0 saturated heterocycles. The lowest BCUT2D eigenvalue weighted by Crippen LogP contribution is -1.92. The second kappa shape index (κ2) is 12.9. The van der Waals surface area contributed by atoms with E-state index in [1.165, 1.54) is 18.7 Å². The van der Waals surface area contributed by atoms with Crippen LogP contribution in [0.5, 0.6) is 17.4 Å². The van der Waals surface area contributed by atoms with Crippen LogP contribution in [0.2, 0.25) is 15.5 Å². The number of ether oxygens (including phenoxy) is 1. The van der Waals surface area contributed by atoms with Crippen molar-refractivity contribution in [2.75, 3.05) is 11.5 Å². The van der Waals surface area contributed by atoms with E-state index in [0.29, 0.717) is 38.5 Å². The molecule has 6 rings (SSSR count). The van der Waals surface area contributed by atoms with Crippen LogP contribution in [0.25, 0.3) is 21.5 Å². The van der Waals surface area contributed by atoms with Gasteiger partial charge in [-0.15, -0.1) is 0 Å². The third kappa shape index (κ3) is 7.36. The van der Waals surface area contributed by atoms with Gasteiger partial charge in [-0.1, -0.05) is 83.3 Å². The number of nitrogen functional groups attached to an aromatic ring is 2. The van der Waals surface area contributed by atoms with Gasteiger partial charge in [-0.3, -0.25) is 0 Å². The summed E-state index contributed by atoms with van der Waals surface area (Å²) in [5.74, 6) is 1.36. The molecule has 5 N–H and O–H groups in total. The smallest absolute Gasteiger partial charge is 0.223 e. The minimum Gasteiger partial charge on any atom is -0.507 e. The molecule has 2 heterocycles. The third-order valence-corrected chi connectivity index (χ3v) is 5.90. The molecule has 4 aromatic carbocycles. The molecule has 11 heteroatoms. The molecule has 0 radical (unpaired) electrons. The number of rotatable bonds is 2. The number of halogens is 3. The van der Waals surface area contributed by atoms with Gasteiger partial charge in [0.15, 0.2) is 0 Å².